The van der Waals surface area contributed by atoms with Crippen molar-refractivity contribution >= 4 is 24.6 Å². The maximum atomic E-state index is 11.0. The van der Waals surface area contributed by atoms with Gasteiger partial charge in [0.1, 0.15) is 4.91 Å². The highest BCUT2D eigenvalue weighted by Gasteiger charge is 2.15. The Balaban J connectivity index is 3.23. The Bertz CT molecular complexity index is 411. The van der Waals surface area contributed by atoms with Crippen LogP contribution in [-0.4, -0.2) is 13.4 Å². The van der Waals surface area contributed by atoms with Gasteiger partial charge in [-0.3, -0.25) is 4.98 Å². The van der Waals surface area contributed by atoms with E-state index in [9.17, 15) is 8.42 Å². The standard InChI is InChI=1S/C8H8ClNO2S/c1-2-8(13(9,11)12)7-5-3-4-6-10-7/h2-6H,1H3. The number of rotatable bonds is 2. The lowest BCUT2D eigenvalue weighted by Crippen LogP contribution is -1.96. The van der Waals surface area contributed by atoms with Gasteiger partial charge in [0.05, 0.1) is 5.69 Å². The maximum Gasteiger partial charge on any atom is 0.263 e. The molecule has 3 nitrogen and oxygen atoms in total. The second-order valence-corrected chi connectivity index (χ2v) is 4.84. The first-order chi connectivity index (χ1) is 6.05. The molecule has 0 amide bonds. The molecule has 0 bridgehead atoms. The summed E-state index contributed by atoms with van der Waals surface area (Å²) < 4.78 is 22.0. The highest BCUT2D eigenvalue weighted by atomic mass is 35.7. The molecule has 1 rings (SSSR count). The Morgan fingerprint density at radius 3 is 2.62 bits per heavy atom. The lowest BCUT2D eigenvalue weighted by atomic mass is 10.3. The third kappa shape index (κ3) is 2.54. The molecule has 0 aliphatic carbocycles. The molecule has 0 N–H and O–H groups in total. The van der Waals surface area contributed by atoms with E-state index in [1.807, 2.05) is 0 Å². The Kier molecular flexibility index (Phi) is 3.06. The normalized spacial score (nSPS) is 12.9. The topological polar surface area (TPSA) is 47.0 Å². The average Bonchev–Trinajstić information content (AvgIpc) is 2.05. The van der Waals surface area contributed by atoms with Crippen molar-refractivity contribution in [2.75, 3.05) is 0 Å². The van der Waals surface area contributed by atoms with E-state index in [-0.39, 0.29) is 4.91 Å². The molecule has 0 aliphatic heterocycles. The van der Waals surface area contributed by atoms with Crippen LogP contribution in [0.15, 0.2) is 30.5 Å². The van der Waals surface area contributed by atoms with Crippen molar-refractivity contribution in [3.63, 3.8) is 0 Å². The number of pyridine rings is 1. The van der Waals surface area contributed by atoms with Crippen molar-refractivity contribution in [2.24, 2.45) is 0 Å². The lowest BCUT2D eigenvalue weighted by molar-refractivity contribution is 0.618. The summed E-state index contributed by atoms with van der Waals surface area (Å²) in [6.45, 7) is 1.60. The first kappa shape index (κ1) is 10.2. The summed E-state index contributed by atoms with van der Waals surface area (Å²) in [5, 5.41) is 0. The molecule has 0 atom stereocenters. The Hall–Kier alpha value is -0.870. The number of halogens is 1. The van der Waals surface area contributed by atoms with Crippen LogP contribution in [0.4, 0.5) is 0 Å². The van der Waals surface area contributed by atoms with Crippen LogP contribution in [0.1, 0.15) is 12.6 Å². The predicted molar refractivity (Wildman–Crippen MR) is 52.7 cm³/mol. The molecule has 0 fully saturated rings. The first-order valence-electron chi connectivity index (χ1n) is 3.58. The van der Waals surface area contributed by atoms with E-state index in [1.165, 1.54) is 12.3 Å². The van der Waals surface area contributed by atoms with Crippen LogP contribution < -0.4 is 0 Å². The highest BCUT2D eigenvalue weighted by Crippen LogP contribution is 2.21. The first-order valence-corrected chi connectivity index (χ1v) is 5.89. The van der Waals surface area contributed by atoms with Gasteiger partial charge >= 0.3 is 0 Å². The molecule has 0 aliphatic rings. The van der Waals surface area contributed by atoms with Crippen LogP contribution in [0, 0.1) is 0 Å². The molecular weight excluding hydrogens is 210 g/mol. The third-order valence-corrected chi connectivity index (χ3v) is 2.91. The highest BCUT2D eigenvalue weighted by molar-refractivity contribution is 8.21. The number of hydrogen-bond donors (Lipinski definition) is 0. The van der Waals surface area contributed by atoms with Gasteiger partial charge in [0.25, 0.3) is 9.05 Å². The van der Waals surface area contributed by atoms with Gasteiger partial charge in [-0.15, -0.1) is 0 Å². The molecule has 0 unspecified atom stereocenters. The Labute approximate surface area is 81.5 Å². The van der Waals surface area contributed by atoms with E-state index in [4.69, 9.17) is 10.7 Å². The fraction of sp³-hybridized carbons (Fsp3) is 0.125. The molecule has 0 saturated heterocycles. The van der Waals surface area contributed by atoms with E-state index in [0.717, 1.165) is 0 Å². The second-order valence-electron chi connectivity index (χ2n) is 2.31. The molecule has 0 aromatic carbocycles. The minimum Gasteiger partial charge on any atom is -0.255 e. The molecule has 13 heavy (non-hydrogen) atoms. The molecule has 0 spiro atoms. The van der Waals surface area contributed by atoms with Crippen LogP contribution >= 0.6 is 10.7 Å². The fourth-order valence-corrected chi connectivity index (χ4v) is 2.08. The summed E-state index contributed by atoms with van der Waals surface area (Å²) in [6, 6.07) is 5.00. The molecule has 5 heteroatoms. The van der Waals surface area contributed by atoms with Gasteiger partial charge in [0.2, 0.25) is 0 Å². The van der Waals surface area contributed by atoms with Gasteiger partial charge in [0, 0.05) is 16.9 Å². The Morgan fingerprint density at radius 1 is 1.54 bits per heavy atom. The third-order valence-electron chi connectivity index (χ3n) is 1.44. The Morgan fingerprint density at radius 2 is 2.23 bits per heavy atom. The second kappa shape index (κ2) is 3.89. The summed E-state index contributed by atoms with van der Waals surface area (Å²) in [6.07, 6.45) is 2.94. The fourth-order valence-electron chi connectivity index (χ4n) is 0.922. The summed E-state index contributed by atoms with van der Waals surface area (Å²) in [5.41, 5.74) is 0.361. The molecule has 1 aromatic heterocycles. The summed E-state index contributed by atoms with van der Waals surface area (Å²) in [4.78, 5) is 3.92. The van der Waals surface area contributed by atoms with E-state index < -0.39 is 9.05 Å². The summed E-state index contributed by atoms with van der Waals surface area (Å²) >= 11 is 0. The van der Waals surface area contributed by atoms with Gasteiger partial charge in [-0.1, -0.05) is 12.1 Å². The molecular formula is C8H8ClNO2S. The van der Waals surface area contributed by atoms with Crippen molar-refractivity contribution in [1.82, 2.24) is 4.98 Å². The zero-order valence-corrected chi connectivity index (χ0v) is 8.51. The smallest absolute Gasteiger partial charge is 0.255 e. The number of allylic oxidation sites excluding steroid dienone is 1. The van der Waals surface area contributed by atoms with E-state index in [1.54, 1.807) is 25.1 Å². The SMILES string of the molecule is CC=C(c1ccccn1)S(=O)(=O)Cl. The van der Waals surface area contributed by atoms with E-state index in [2.05, 4.69) is 4.98 Å². The van der Waals surface area contributed by atoms with Crippen LogP contribution in [0.25, 0.3) is 4.91 Å². The zero-order chi connectivity index (χ0) is 9.90. The predicted octanol–water partition coefficient (Wildman–Crippen LogP) is 2.01. The van der Waals surface area contributed by atoms with Crippen molar-refractivity contribution < 1.29 is 8.42 Å². The number of nitrogens with zero attached hydrogens (tertiary/aromatic N) is 1. The minimum atomic E-state index is -3.70. The van der Waals surface area contributed by atoms with E-state index in [0.29, 0.717) is 5.69 Å². The van der Waals surface area contributed by atoms with Gasteiger partial charge in [0.15, 0.2) is 0 Å². The quantitative estimate of drug-likeness (QED) is 0.712. The monoisotopic (exact) mass is 217 g/mol. The van der Waals surface area contributed by atoms with Gasteiger partial charge < -0.3 is 0 Å². The molecule has 0 radical (unpaired) electrons. The zero-order valence-electron chi connectivity index (χ0n) is 6.94. The number of hydrogen-bond acceptors (Lipinski definition) is 3. The largest absolute Gasteiger partial charge is 0.263 e. The van der Waals surface area contributed by atoms with Crippen molar-refractivity contribution in [3.8, 4) is 0 Å². The van der Waals surface area contributed by atoms with Gasteiger partial charge in [-0.2, -0.15) is 0 Å². The van der Waals surface area contributed by atoms with Crippen molar-refractivity contribution in [1.29, 1.82) is 0 Å². The summed E-state index contributed by atoms with van der Waals surface area (Å²) in [5.74, 6) is 0. The van der Waals surface area contributed by atoms with Crippen molar-refractivity contribution in [3.05, 3.63) is 36.2 Å². The van der Waals surface area contributed by atoms with Crippen LogP contribution in [0.3, 0.4) is 0 Å². The minimum absolute atomic E-state index is 0.0368. The molecule has 70 valence electrons. The van der Waals surface area contributed by atoms with Crippen LogP contribution in [-0.2, 0) is 9.05 Å². The number of aromatic nitrogens is 1. The molecule has 1 aromatic rings. The lowest BCUT2D eigenvalue weighted by Gasteiger charge is -2.00. The molecule has 1 heterocycles. The summed E-state index contributed by atoms with van der Waals surface area (Å²) in [7, 11) is 1.50. The van der Waals surface area contributed by atoms with Crippen LogP contribution in [0.2, 0.25) is 0 Å². The maximum absolute atomic E-state index is 11.0. The van der Waals surface area contributed by atoms with E-state index >= 15 is 0 Å². The van der Waals surface area contributed by atoms with Crippen LogP contribution in [0.5, 0.6) is 0 Å². The average molecular weight is 218 g/mol. The molecule has 0 saturated carbocycles. The van der Waals surface area contributed by atoms with Gasteiger partial charge in [-0.05, 0) is 19.1 Å². The van der Waals surface area contributed by atoms with Gasteiger partial charge in [-0.25, -0.2) is 8.42 Å². The van der Waals surface area contributed by atoms with Crippen molar-refractivity contribution in [2.45, 2.75) is 6.92 Å².